The normalized spacial score (nSPS) is 12.7. The molecule has 0 bridgehead atoms. The van der Waals surface area contributed by atoms with Crippen molar-refractivity contribution in [1.29, 1.82) is 0 Å². The highest BCUT2D eigenvalue weighted by molar-refractivity contribution is 4.59. The van der Waals surface area contributed by atoms with Gasteiger partial charge in [-0.1, -0.05) is 0 Å². The summed E-state index contributed by atoms with van der Waals surface area (Å²) in [5.41, 5.74) is 0. The van der Waals surface area contributed by atoms with Crippen LogP contribution >= 0.6 is 0 Å². The van der Waals surface area contributed by atoms with Crippen LogP contribution in [0.2, 0.25) is 0 Å². The van der Waals surface area contributed by atoms with Crippen LogP contribution in [0.3, 0.4) is 0 Å². The molecule has 0 amide bonds. The van der Waals surface area contributed by atoms with Crippen LogP contribution in [0.25, 0.3) is 0 Å². The molecular formula is C5H12N2O3. The van der Waals surface area contributed by atoms with Crippen LogP contribution in [0.1, 0.15) is 6.92 Å². The Kier molecular flexibility index (Phi) is 4.78. The molecule has 0 aromatic carbocycles. The number of rotatable bonds is 5. The summed E-state index contributed by atoms with van der Waals surface area (Å²) in [7, 11) is 0. The highest BCUT2D eigenvalue weighted by atomic mass is 16.3. The molecule has 0 saturated carbocycles. The van der Waals surface area contributed by atoms with Gasteiger partial charge >= 0.3 is 0 Å². The third-order valence-corrected chi connectivity index (χ3v) is 1.21. The summed E-state index contributed by atoms with van der Waals surface area (Å²) in [5, 5.41) is 20.6. The summed E-state index contributed by atoms with van der Waals surface area (Å²) in [6.07, 6.45) is 0. The van der Waals surface area contributed by atoms with E-state index in [0.717, 1.165) is 5.01 Å². The van der Waals surface area contributed by atoms with Gasteiger partial charge in [-0.05, 0) is 6.92 Å². The lowest BCUT2D eigenvalue weighted by Crippen LogP contribution is -2.32. The number of aliphatic hydroxyl groups excluding tert-OH is 2. The van der Waals surface area contributed by atoms with Gasteiger partial charge in [-0.25, -0.2) is 0 Å². The number of aliphatic hydroxyl groups is 2. The molecule has 0 rings (SSSR count). The molecule has 0 aromatic heterocycles. The van der Waals surface area contributed by atoms with E-state index in [-0.39, 0.29) is 25.8 Å². The Labute approximate surface area is 59.2 Å². The zero-order chi connectivity index (χ0) is 7.98. The van der Waals surface area contributed by atoms with Crippen molar-refractivity contribution >= 4 is 0 Å². The van der Waals surface area contributed by atoms with Crippen LogP contribution < -0.4 is 0 Å². The Morgan fingerprint density at radius 2 is 2.20 bits per heavy atom. The number of nitrogens with zero attached hydrogens (tertiary/aromatic N) is 2. The lowest BCUT2D eigenvalue weighted by atomic mass is 10.3. The Balaban J connectivity index is 3.67. The first kappa shape index (κ1) is 9.32. The highest BCUT2D eigenvalue weighted by Crippen LogP contribution is 1.96. The van der Waals surface area contributed by atoms with Crippen LogP contribution in [0, 0.1) is 4.91 Å². The van der Waals surface area contributed by atoms with Crippen molar-refractivity contribution < 1.29 is 10.2 Å². The number of hydrogen-bond acceptors (Lipinski definition) is 4. The van der Waals surface area contributed by atoms with Gasteiger partial charge in [-0.2, -0.15) is 0 Å². The van der Waals surface area contributed by atoms with E-state index in [2.05, 4.69) is 5.29 Å². The monoisotopic (exact) mass is 148 g/mol. The van der Waals surface area contributed by atoms with Gasteiger partial charge in [0.25, 0.3) is 0 Å². The third kappa shape index (κ3) is 2.75. The molecule has 0 aliphatic heterocycles. The molecular weight excluding hydrogens is 136 g/mol. The Bertz CT molecular complexity index is 98.9. The molecule has 1 unspecified atom stereocenters. The SMILES string of the molecule is CC(CO)N(CCO)N=O. The molecule has 0 spiro atoms. The quantitative estimate of drug-likeness (QED) is 0.401. The first-order chi connectivity index (χ1) is 4.76. The van der Waals surface area contributed by atoms with Gasteiger partial charge in [0.2, 0.25) is 0 Å². The number of hydrogen-bond donors (Lipinski definition) is 2. The summed E-state index contributed by atoms with van der Waals surface area (Å²) in [6.45, 7) is 1.56. The van der Waals surface area contributed by atoms with Crippen molar-refractivity contribution in [1.82, 2.24) is 5.01 Å². The highest BCUT2D eigenvalue weighted by Gasteiger charge is 2.09. The second kappa shape index (κ2) is 5.13. The van der Waals surface area contributed by atoms with E-state index in [1.54, 1.807) is 6.92 Å². The van der Waals surface area contributed by atoms with E-state index in [0.29, 0.717) is 0 Å². The van der Waals surface area contributed by atoms with Crippen molar-refractivity contribution in [2.24, 2.45) is 5.29 Å². The van der Waals surface area contributed by atoms with Crippen LogP contribution in [0.15, 0.2) is 5.29 Å². The molecule has 0 aliphatic carbocycles. The van der Waals surface area contributed by atoms with E-state index in [1.165, 1.54) is 0 Å². The van der Waals surface area contributed by atoms with Gasteiger partial charge in [-0.15, -0.1) is 4.91 Å². The van der Waals surface area contributed by atoms with E-state index in [9.17, 15) is 4.91 Å². The van der Waals surface area contributed by atoms with Crippen molar-refractivity contribution in [3.05, 3.63) is 4.91 Å². The summed E-state index contributed by atoms with van der Waals surface area (Å²) < 4.78 is 0. The van der Waals surface area contributed by atoms with Crippen LogP contribution in [0.4, 0.5) is 0 Å². The third-order valence-electron chi connectivity index (χ3n) is 1.21. The molecule has 0 aromatic rings. The Morgan fingerprint density at radius 3 is 2.50 bits per heavy atom. The lowest BCUT2D eigenvalue weighted by Gasteiger charge is -2.19. The molecule has 5 heteroatoms. The first-order valence-corrected chi connectivity index (χ1v) is 3.08. The molecule has 1 atom stereocenters. The van der Waals surface area contributed by atoms with Gasteiger partial charge in [0.05, 0.1) is 31.1 Å². The predicted molar refractivity (Wildman–Crippen MR) is 36.1 cm³/mol. The second-order valence-corrected chi connectivity index (χ2v) is 2.00. The minimum absolute atomic E-state index is 0.129. The second-order valence-electron chi connectivity index (χ2n) is 2.00. The zero-order valence-electron chi connectivity index (χ0n) is 5.90. The fraction of sp³-hybridized carbons (Fsp3) is 1.00. The van der Waals surface area contributed by atoms with Crippen molar-refractivity contribution in [3.8, 4) is 0 Å². The van der Waals surface area contributed by atoms with Gasteiger partial charge in [0.15, 0.2) is 0 Å². The molecule has 10 heavy (non-hydrogen) atoms. The Morgan fingerprint density at radius 1 is 1.60 bits per heavy atom. The zero-order valence-corrected chi connectivity index (χ0v) is 5.90. The standard InChI is InChI=1S/C5H12N2O3/c1-5(4-9)7(6-10)2-3-8/h5,8-9H,2-4H2,1H3. The maximum Gasteiger partial charge on any atom is 0.0706 e. The van der Waals surface area contributed by atoms with Crippen molar-refractivity contribution in [2.45, 2.75) is 13.0 Å². The van der Waals surface area contributed by atoms with E-state index in [4.69, 9.17) is 10.2 Å². The van der Waals surface area contributed by atoms with E-state index in [1.807, 2.05) is 0 Å². The molecule has 5 nitrogen and oxygen atoms in total. The molecule has 0 heterocycles. The minimum Gasteiger partial charge on any atom is -0.394 e. The predicted octanol–water partition coefficient (Wildman–Crippen LogP) is -0.657. The Hall–Kier alpha value is -0.680. The average molecular weight is 148 g/mol. The lowest BCUT2D eigenvalue weighted by molar-refractivity contribution is 0.113. The van der Waals surface area contributed by atoms with E-state index < -0.39 is 0 Å². The van der Waals surface area contributed by atoms with Gasteiger partial charge < -0.3 is 10.2 Å². The van der Waals surface area contributed by atoms with Crippen LogP contribution in [-0.2, 0) is 0 Å². The van der Waals surface area contributed by atoms with Crippen molar-refractivity contribution in [3.63, 3.8) is 0 Å². The van der Waals surface area contributed by atoms with Crippen molar-refractivity contribution in [2.75, 3.05) is 19.8 Å². The van der Waals surface area contributed by atoms with Gasteiger partial charge in [0.1, 0.15) is 0 Å². The molecule has 0 radical (unpaired) electrons. The molecule has 0 aliphatic rings. The fourth-order valence-corrected chi connectivity index (χ4v) is 0.538. The summed E-state index contributed by atoms with van der Waals surface area (Å²) >= 11 is 0. The summed E-state index contributed by atoms with van der Waals surface area (Å²) in [5.74, 6) is 0. The number of nitroso groups, excluding NO2 is 1. The van der Waals surface area contributed by atoms with Crippen LogP contribution in [0.5, 0.6) is 0 Å². The van der Waals surface area contributed by atoms with Crippen LogP contribution in [-0.4, -0.2) is 41.0 Å². The van der Waals surface area contributed by atoms with Gasteiger partial charge in [0, 0.05) is 0 Å². The maximum atomic E-state index is 9.95. The summed E-state index contributed by atoms with van der Waals surface area (Å²) in [4.78, 5) is 9.95. The average Bonchev–Trinajstić information content (AvgIpc) is 1.99. The molecule has 60 valence electrons. The first-order valence-electron chi connectivity index (χ1n) is 3.08. The summed E-state index contributed by atoms with van der Waals surface area (Å²) in [6, 6.07) is -0.315. The largest absolute Gasteiger partial charge is 0.394 e. The molecule has 0 saturated heterocycles. The minimum atomic E-state index is -0.315. The van der Waals surface area contributed by atoms with E-state index >= 15 is 0 Å². The smallest absolute Gasteiger partial charge is 0.0706 e. The maximum absolute atomic E-state index is 9.95. The van der Waals surface area contributed by atoms with Gasteiger partial charge in [-0.3, -0.25) is 5.01 Å². The fourth-order valence-electron chi connectivity index (χ4n) is 0.538. The topological polar surface area (TPSA) is 73.1 Å². The molecule has 0 fully saturated rings. The molecule has 2 N–H and O–H groups in total.